The normalized spacial score (nSPS) is 18.3. The number of fused-ring (bicyclic) bond motifs is 1. The van der Waals surface area contributed by atoms with E-state index in [1.54, 1.807) is 24.2 Å². The number of hydrogen-bond acceptors (Lipinski definition) is 4. The molecule has 0 N–H and O–H groups in total. The van der Waals surface area contributed by atoms with Gasteiger partial charge in [0.05, 0.1) is 23.1 Å². The van der Waals surface area contributed by atoms with Crippen molar-refractivity contribution in [2.45, 2.75) is 27.2 Å². The molecule has 0 saturated carbocycles. The highest BCUT2D eigenvalue weighted by atomic mass is 32.2. The van der Waals surface area contributed by atoms with Crippen LogP contribution in [0.25, 0.3) is 0 Å². The molecular weight excluding hydrogens is 248 g/mol. The smallest absolute Gasteiger partial charge is 0.418 e. The van der Waals surface area contributed by atoms with Crippen molar-refractivity contribution in [1.29, 1.82) is 0 Å². The maximum atomic E-state index is 11.9. The Balaban J connectivity index is 1.93. The molecule has 2 heterocycles. The van der Waals surface area contributed by atoms with Crippen molar-refractivity contribution in [2.24, 2.45) is 10.4 Å². The fourth-order valence-corrected chi connectivity index (χ4v) is 2.24. The second-order valence-corrected chi connectivity index (χ2v) is 6.09. The Bertz CT molecular complexity index is 438. The van der Waals surface area contributed by atoms with E-state index < -0.39 is 0 Å². The monoisotopic (exact) mass is 266 g/mol. The molecular formula is C13H18N2O2S. The number of hydrogen-bond donors (Lipinski definition) is 0. The van der Waals surface area contributed by atoms with Gasteiger partial charge in [0.1, 0.15) is 0 Å². The van der Waals surface area contributed by atoms with Crippen LogP contribution in [-0.4, -0.2) is 29.2 Å². The lowest BCUT2D eigenvalue weighted by Gasteiger charge is -2.24. The van der Waals surface area contributed by atoms with E-state index in [0.717, 1.165) is 22.9 Å². The van der Waals surface area contributed by atoms with E-state index in [2.05, 4.69) is 25.8 Å². The van der Waals surface area contributed by atoms with E-state index in [1.165, 1.54) is 4.90 Å². The number of aliphatic imine (C=N–C) groups is 1. The second kappa shape index (κ2) is 5.18. The first kappa shape index (κ1) is 13.2. The Labute approximate surface area is 112 Å². The number of amides is 1. The summed E-state index contributed by atoms with van der Waals surface area (Å²) in [6.07, 6.45) is 5.99. The van der Waals surface area contributed by atoms with Gasteiger partial charge in [-0.2, -0.15) is 0 Å². The first-order valence-corrected chi connectivity index (χ1v) is 7.03. The van der Waals surface area contributed by atoms with Gasteiger partial charge in [-0.15, -0.1) is 0 Å². The topological polar surface area (TPSA) is 41.9 Å². The van der Waals surface area contributed by atoms with E-state index >= 15 is 0 Å². The van der Waals surface area contributed by atoms with Crippen molar-refractivity contribution >= 4 is 23.6 Å². The average molecular weight is 266 g/mol. The number of thioether (sulfide) groups is 1. The number of carbonyl (C=O) groups excluding carboxylic acids is 1. The quantitative estimate of drug-likeness (QED) is 0.786. The third-order valence-electron chi connectivity index (χ3n) is 3.11. The Morgan fingerprint density at radius 3 is 3.11 bits per heavy atom. The summed E-state index contributed by atoms with van der Waals surface area (Å²) in [6, 6.07) is 0. The van der Waals surface area contributed by atoms with E-state index in [1.807, 2.05) is 6.08 Å². The maximum absolute atomic E-state index is 11.9. The van der Waals surface area contributed by atoms with Crippen LogP contribution in [0, 0.1) is 5.41 Å². The van der Waals surface area contributed by atoms with Crippen LogP contribution in [0.1, 0.15) is 27.2 Å². The zero-order valence-corrected chi connectivity index (χ0v) is 11.8. The molecule has 0 radical (unpaired) electrons. The molecule has 1 amide bonds. The molecule has 0 aromatic carbocycles. The van der Waals surface area contributed by atoms with Crippen molar-refractivity contribution in [3.63, 3.8) is 0 Å². The number of carbonyl (C=O) groups is 1. The predicted molar refractivity (Wildman–Crippen MR) is 74.4 cm³/mol. The van der Waals surface area contributed by atoms with Gasteiger partial charge in [-0.25, -0.2) is 4.79 Å². The number of rotatable bonds is 3. The molecule has 0 aliphatic carbocycles. The second-order valence-electron chi connectivity index (χ2n) is 5.11. The SMILES string of the molecule is CCC(C)(C)COC(=O)N1C=CC2=NCSC2=C1. The molecule has 4 nitrogen and oxygen atoms in total. The first-order valence-electron chi connectivity index (χ1n) is 6.04. The summed E-state index contributed by atoms with van der Waals surface area (Å²) in [4.78, 5) is 18.7. The predicted octanol–water partition coefficient (Wildman–Crippen LogP) is 3.38. The minimum absolute atomic E-state index is 0.0248. The van der Waals surface area contributed by atoms with Crippen LogP contribution < -0.4 is 0 Å². The van der Waals surface area contributed by atoms with Crippen molar-refractivity contribution in [3.8, 4) is 0 Å². The Kier molecular flexibility index (Phi) is 3.80. The molecule has 0 fully saturated rings. The van der Waals surface area contributed by atoms with Gasteiger partial charge < -0.3 is 4.74 Å². The fraction of sp³-hybridized carbons (Fsp3) is 0.538. The lowest BCUT2D eigenvalue weighted by molar-refractivity contribution is 0.0832. The highest BCUT2D eigenvalue weighted by Crippen LogP contribution is 2.28. The van der Waals surface area contributed by atoms with Gasteiger partial charge >= 0.3 is 6.09 Å². The lowest BCUT2D eigenvalue weighted by Crippen LogP contribution is -2.28. The highest BCUT2D eigenvalue weighted by molar-refractivity contribution is 8.04. The molecule has 0 bridgehead atoms. The molecule has 18 heavy (non-hydrogen) atoms. The maximum Gasteiger partial charge on any atom is 0.418 e. The standard InChI is InChI=1S/C13H18N2O2S/c1-4-13(2,3)8-17-12(16)15-6-5-10-11(7-15)18-9-14-10/h5-7H,4,8-9H2,1-3H3. The van der Waals surface area contributed by atoms with Gasteiger partial charge in [0.2, 0.25) is 0 Å². The molecule has 5 heteroatoms. The Morgan fingerprint density at radius 2 is 2.39 bits per heavy atom. The van der Waals surface area contributed by atoms with Crippen LogP contribution in [-0.2, 0) is 4.74 Å². The van der Waals surface area contributed by atoms with Crippen LogP contribution >= 0.6 is 11.8 Å². The fourth-order valence-electron chi connectivity index (χ4n) is 1.43. The van der Waals surface area contributed by atoms with Gasteiger partial charge in [0.15, 0.2) is 0 Å². The zero-order valence-electron chi connectivity index (χ0n) is 11.0. The number of ether oxygens (including phenoxy) is 1. The molecule has 98 valence electrons. The van der Waals surface area contributed by atoms with Crippen molar-refractivity contribution in [3.05, 3.63) is 23.4 Å². The summed E-state index contributed by atoms with van der Waals surface area (Å²) >= 11 is 1.63. The molecule has 0 unspecified atom stereocenters. The molecule has 2 aliphatic heterocycles. The van der Waals surface area contributed by atoms with Crippen LogP contribution in [0.3, 0.4) is 0 Å². The lowest BCUT2D eigenvalue weighted by atomic mass is 9.92. The molecule has 0 spiro atoms. The summed E-state index contributed by atoms with van der Waals surface area (Å²) in [5.74, 6) is 0.733. The van der Waals surface area contributed by atoms with Crippen LogP contribution in [0.2, 0.25) is 0 Å². The average Bonchev–Trinajstić information content (AvgIpc) is 2.83. The van der Waals surface area contributed by atoms with Crippen LogP contribution in [0.5, 0.6) is 0 Å². The van der Waals surface area contributed by atoms with E-state index in [9.17, 15) is 4.79 Å². The van der Waals surface area contributed by atoms with Gasteiger partial charge in [-0.3, -0.25) is 9.89 Å². The highest BCUT2D eigenvalue weighted by Gasteiger charge is 2.23. The Morgan fingerprint density at radius 1 is 1.61 bits per heavy atom. The van der Waals surface area contributed by atoms with Crippen molar-refractivity contribution in [1.82, 2.24) is 4.90 Å². The van der Waals surface area contributed by atoms with Crippen LogP contribution in [0.15, 0.2) is 28.4 Å². The molecule has 0 saturated heterocycles. The summed E-state index contributed by atoms with van der Waals surface area (Å²) in [5.41, 5.74) is 0.981. The van der Waals surface area contributed by atoms with Crippen molar-refractivity contribution in [2.75, 3.05) is 12.5 Å². The van der Waals surface area contributed by atoms with Gasteiger partial charge in [0, 0.05) is 12.4 Å². The van der Waals surface area contributed by atoms with Crippen LogP contribution in [0.4, 0.5) is 4.79 Å². The molecule has 0 aromatic heterocycles. The summed E-state index contributed by atoms with van der Waals surface area (Å²) in [7, 11) is 0. The first-order chi connectivity index (χ1) is 8.52. The largest absolute Gasteiger partial charge is 0.448 e. The Hall–Kier alpha value is -1.23. The van der Waals surface area contributed by atoms with Gasteiger partial charge in [0.25, 0.3) is 0 Å². The third-order valence-corrected chi connectivity index (χ3v) is 3.99. The number of allylic oxidation sites excluding steroid dienone is 2. The van der Waals surface area contributed by atoms with Gasteiger partial charge in [-0.05, 0) is 17.9 Å². The number of nitrogens with zero attached hydrogens (tertiary/aromatic N) is 2. The molecule has 2 aliphatic rings. The summed E-state index contributed by atoms with van der Waals surface area (Å²) in [6.45, 7) is 6.70. The molecule has 2 rings (SSSR count). The molecule has 0 aromatic rings. The van der Waals surface area contributed by atoms with E-state index in [0.29, 0.717) is 6.61 Å². The van der Waals surface area contributed by atoms with E-state index in [-0.39, 0.29) is 11.5 Å². The summed E-state index contributed by atoms with van der Waals surface area (Å²) < 4.78 is 5.33. The van der Waals surface area contributed by atoms with Crippen molar-refractivity contribution < 1.29 is 9.53 Å². The zero-order chi connectivity index (χ0) is 13.2. The third kappa shape index (κ3) is 2.96. The van der Waals surface area contributed by atoms with E-state index in [4.69, 9.17) is 4.74 Å². The minimum Gasteiger partial charge on any atom is -0.448 e. The summed E-state index contributed by atoms with van der Waals surface area (Å²) in [5, 5.41) is 0. The minimum atomic E-state index is -0.327. The van der Waals surface area contributed by atoms with Gasteiger partial charge in [-0.1, -0.05) is 32.5 Å². The molecule has 0 atom stereocenters.